The topological polar surface area (TPSA) is 84.2 Å². The Morgan fingerprint density at radius 1 is 1.14 bits per heavy atom. The zero-order chi connectivity index (χ0) is 21.0. The number of nitrogens with zero attached hydrogens (tertiary/aromatic N) is 2. The molecule has 146 valence electrons. The number of anilines is 1. The zero-order valence-corrected chi connectivity index (χ0v) is 16.9. The highest BCUT2D eigenvalue weighted by atomic mass is 35.5. The number of pyridine rings is 1. The summed E-state index contributed by atoms with van der Waals surface area (Å²) in [5.74, 6) is 0.426. The second-order valence-electron chi connectivity index (χ2n) is 6.26. The van der Waals surface area contributed by atoms with E-state index in [1.54, 1.807) is 24.3 Å². The molecule has 0 fully saturated rings. The number of aryl methyl sites for hydroxylation is 1. The predicted molar refractivity (Wildman–Crippen MR) is 113 cm³/mol. The van der Waals surface area contributed by atoms with Crippen LogP contribution in [0.25, 0.3) is 17.0 Å². The average molecular weight is 408 g/mol. The molecule has 0 aliphatic rings. The Morgan fingerprint density at radius 3 is 2.59 bits per heavy atom. The summed E-state index contributed by atoms with van der Waals surface area (Å²) in [7, 11) is 3.02. The number of nitriles is 1. The highest BCUT2D eigenvalue weighted by Crippen LogP contribution is 2.30. The first kappa shape index (κ1) is 20.2. The van der Waals surface area contributed by atoms with Crippen molar-refractivity contribution in [2.75, 3.05) is 19.5 Å². The summed E-state index contributed by atoms with van der Waals surface area (Å²) in [4.78, 5) is 16.9. The molecule has 0 saturated heterocycles. The van der Waals surface area contributed by atoms with Crippen LogP contribution in [-0.2, 0) is 4.79 Å². The second-order valence-corrected chi connectivity index (χ2v) is 6.62. The first-order valence-electron chi connectivity index (χ1n) is 8.67. The minimum atomic E-state index is -0.570. The van der Waals surface area contributed by atoms with Gasteiger partial charge in [-0.3, -0.25) is 4.79 Å². The summed E-state index contributed by atoms with van der Waals surface area (Å²) >= 11 is 6.27. The molecule has 1 N–H and O–H groups in total. The van der Waals surface area contributed by atoms with Crippen molar-refractivity contribution in [1.82, 2.24) is 4.98 Å². The monoisotopic (exact) mass is 407 g/mol. The number of aromatic nitrogens is 1. The molecular formula is C22H18ClN3O3. The summed E-state index contributed by atoms with van der Waals surface area (Å²) in [6.45, 7) is 1.97. The van der Waals surface area contributed by atoms with Crippen LogP contribution in [0, 0.1) is 18.3 Å². The van der Waals surface area contributed by atoms with E-state index in [9.17, 15) is 10.1 Å². The fourth-order valence-corrected chi connectivity index (χ4v) is 2.99. The molecule has 0 aliphatic carbocycles. The molecule has 0 bridgehead atoms. The number of methoxy groups -OCH3 is 2. The molecule has 0 unspecified atom stereocenters. The smallest absolute Gasteiger partial charge is 0.266 e. The molecule has 1 heterocycles. The lowest BCUT2D eigenvalue weighted by atomic mass is 10.1. The number of carbonyl (C=O) groups is 1. The Morgan fingerprint density at radius 2 is 1.90 bits per heavy atom. The molecule has 7 heteroatoms. The highest BCUT2D eigenvalue weighted by Gasteiger charge is 2.13. The van der Waals surface area contributed by atoms with Crippen LogP contribution in [0.4, 0.5) is 5.69 Å². The van der Waals surface area contributed by atoms with Crippen molar-refractivity contribution in [1.29, 1.82) is 5.26 Å². The van der Waals surface area contributed by atoms with Gasteiger partial charge in [-0.15, -0.1) is 0 Å². The predicted octanol–water partition coefficient (Wildman–Crippen LogP) is 4.76. The lowest BCUT2D eigenvalue weighted by Gasteiger charge is -2.10. The van der Waals surface area contributed by atoms with Gasteiger partial charge < -0.3 is 14.8 Å². The van der Waals surface area contributed by atoms with Gasteiger partial charge in [-0.25, -0.2) is 4.98 Å². The maximum Gasteiger partial charge on any atom is 0.266 e. The van der Waals surface area contributed by atoms with E-state index in [-0.39, 0.29) is 10.7 Å². The number of ether oxygens (including phenoxy) is 2. The second kappa shape index (κ2) is 8.63. The van der Waals surface area contributed by atoms with Crippen molar-refractivity contribution in [2.24, 2.45) is 0 Å². The molecule has 3 aromatic rings. The van der Waals surface area contributed by atoms with Gasteiger partial charge in [-0.05, 0) is 42.8 Å². The SMILES string of the molecule is COc1ccc(NC(=O)/C(C#N)=C/c2cc3ccc(C)cc3nc2Cl)cc1OC. The van der Waals surface area contributed by atoms with Crippen LogP contribution < -0.4 is 14.8 Å². The summed E-state index contributed by atoms with van der Waals surface area (Å²) < 4.78 is 10.4. The van der Waals surface area contributed by atoms with Crippen LogP contribution in [0.1, 0.15) is 11.1 Å². The Bertz CT molecular complexity index is 1170. The van der Waals surface area contributed by atoms with Gasteiger partial charge in [-0.2, -0.15) is 5.26 Å². The number of benzene rings is 2. The maximum atomic E-state index is 12.6. The molecule has 0 atom stereocenters. The fourth-order valence-electron chi connectivity index (χ4n) is 2.79. The third kappa shape index (κ3) is 4.48. The third-order valence-electron chi connectivity index (χ3n) is 4.26. The Balaban J connectivity index is 1.91. The molecule has 1 amide bonds. The third-order valence-corrected chi connectivity index (χ3v) is 4.56. The molecule has 0 radical (unpaired) electrons. The summed E-state index contributed by atoms with van der Waals surface area (Å²) in [5, 5.41) is 13.2. The van der Waals surface area contributed by atoms with Gasteiger partial charge >= 0.3 is 0 Å². The van der Waals surface area contributed by atoms with E-state index in [1.807, 2.05) is 31.2 Å². The van der Waals surface area contributed by atoms with Crippen molar-refractivity contribution < 1.29 is 14.3 Å². The van der Waals surface area contributed by atoms with Gasteiger partial charge in [0, 0.05) is 22.7 Å². The first-order chi connectivity index (χ1) is 13.9. The lowest BCUT2D eigenvalue weighted by molar-refractivity contribution is -0.112. The van der Waals surface area contributed by atoms with Crippen molar-refractivity contribution in [2.45, 2.75) is 6.92 Å². The number of carbonyl (C=O) groups excluding carboxylic acids is 1. The quantitative estimate of drug-likeness (QED) is 0.374. The van der Waals surface area contributed by atoms with E-state index in [4.69, 9.17) is 21.1 Å². The fraction of sp³-hybridized carbons (Fsp3) is 0.136. The van der Waals surface area contributed by atoms with E-state index in [0.29, 0.717) is 22.7 Å². The number of nitrogens with one attached hydrogen (secondary N) is 1. The minimum Gasteiger partial charge on any atom is -0.493 e. The van der Waals surface area contributed by atoms with Gasteiger partial charge in [-0.1, -0.05) is 23.7 Å². The maximum absolute atomic E-state index is 12.6. The van der Waals surface area contributed by atoms with E-state index >= 15 is 0 Å². The first-order valence-corrected chi connectivity index (χ1v) is 9.05. The molecule has 6 nitrogen and oxygen atoms in total. The standard InChI is InChI=1S/C22H18ClN3O3/c1-13-4-5-14-9-15(21(23)26-18(14)8-13)10-16(12-24)22(27)25-17-6-7-19(28-2)20(11-17)29-3/h4-11H,1-3H3,(H,25,27)/b16-10+. The molecule has 29 heavy (non-hydrogen) atoms. The zero-order valence-electron chi connectivity index (χ0n) is 16.1. The van der Waals surface area contributed by atoms with Gasteiger partial charge in [0.2, 0.25) is 0 Å². The van der Waals surface area contributed by atoms with Crippen LogP contribution in [0.2, 0.25) is 5.15 Å². The number of amides is 1. The lowest BCUT2D eigenvalue weighted by Crippen LogP contribution is -2.13. The van der Waals surface area contributed by atoms with E-state index in [2.05, 4.69) is 10.3 Å². The molecule has 3 rings (SSSR count). The van der Waals surface area contributed by atoms with E-state index < -0.39 is 5.91 Å². The number of hydrogen-bond donors (Lipinski definition) is 1. The molecule has 2 aromatic carbocycles. The van der Waals surface area contributed by atoms with Crippen LogP contribution in [0.5, 0.6) is 11.5 Å². The number of fused-ring (bicyclic) bond motifs is 1. The minimum absolute atomic E-state index is 0.102. The highest BCUT2D eigenvalue weighted by molar-refractivity contribution is 6.31. The van der Waals surface area contributed by atoms with Gasteiger partial charge in [0.1, 0.15) is 16.8 Å². The summed E-state index contributed by atoms with van der Waals surface area (Å²) in [6.07, 6.45) is 1.42. The summed E-state index contributed by atoms with van der Waals surface area (Å²) in [6, 6.07) is 14.4. The van der Waals surface area contributed by atoms with Gasteiger partial charge in [0.15, 0.2) is 11.5 Å². The number of hydrogen-bond acceptors (Lipinski definition) is 5. The van der Waals surface area contributed by atoms with Gasteiger partial charge in [0.05, 0.1) is 19.7 Å². The van der Waals surface area contributed by atoms with Crippen LogP contribution in [0.3, 0.4) is 0 Å². The Hall–Kier alpha value is -3.56. The normalized spacial score (nSPS) is 11.1. The number of rotatable bonds is 5. The van der Waals surface area contributed by atoms with Crippen molar-refractivity contribution in [3.8, 4) is 17.6 Å². The van der Waals surface area contributed by atoms with E-state index in [1.165, 1.54) is 20.3 Å². The van der Waals surface area contributed by atoms with Crippen molar-refractivity contribution >= 4 is 40.2 Å². The van der Waals surface area contributed by atoms with Gasteiger partial charge in [0.25, 0.3) is 5.91 Å². The van der Waals surface area contributed by atoms with Crippen LogP contribution >= 0.6 is 11.6 Å². The van der Waals surface area contributed by atoms with Crippen LogP contribution in [-0.4, -0.2) is 25.1 Å². The number of halogens is 1. The van der Waals surface area contributed by atoms with E-state index in [0.717, 1.165) is 16.5 Å². The largest absolute Gasteiger partial charge is 0.493 e. The molecule has 0 saturated carbocycles. The Labute approximate surface area is 173 Å². The molecular weight excluding hydrogens is 390 g/mol. The molecule has 0 aliphatic heterocycles. The average Bonchev–Trinajstić information content (AvgIpc) is 2.71. The molecule has 1 aromatic heterocycles. The van der Waals surface area contributed by atoms with Crippen LogP contribution in [0.15, 0.2) is 48.0 Å². The van der Waals surface area contributed by atoms with Crippen molar-refractivity contribution in [3.05, 3.63) is 64.3 Å². The Kier molecular flexibility index (Phi) is 6.01. The van der Waals surface area contributed by atoms with Crippen molar-refractivity contribution in [3.63, 3.8) is 0 Å². The summed E-state index contributed by atoms with van der Waals surface area (Å²) in [5.41, 5.74) is 2.67. The molecule has 0 spiro atoms.